The second-order valence-electron chi connectivity index (χ2n) is 4.24. The minimum Gasteiger partial charge on any atom is -0.339 e. The first kappa shape index (κ1) is 14.1. The van der Waals surface area contributed by atoms with Gasteiger partial charge in [0.2, 0.25) is 11.7 Å². The zero-order valence-electron chi connectivity index (χ0n) is 10.4. The van der Waals surface area contributed by atoms with E-state index in [-0.39, 0.29) is 5.82 Å². The minimum absolute atomic E-state index is 0.311. The Morgan fingerprint density at radius 3 is 2.84 bits per heavy atom. The third kappa shape index (κ3) is 3.84. The van der Waals surface area contributed by atoms with Crippen LogP contribution in [0.4, 0.5) is 4.39 Å². The van der Waals surface area contributed by atoms with Crippen molar-refractivity contribution < 1.29 is 8.91 Å². The fraction of sp³-hybridized carbons (Fsp3) is 0.385. The van der Waals surface area contributed by atoms with Crippen molar-refractivity contribution in [3.05, 3.63) is 34.4 Å². The van der Waals surface area contributed by atoms with Gasteiger partial charge in [0.1, 0.15) is 5.82 Å². The fourth-order valence-electron chi connectivity index (χ4n) is 1.71. The number of halogens is 2. The van der Waals surface area contributed by atoms with E-state index >= 15 is 0 Å². The molecule has 1 heterocycles. The molecule has 0 aliphatic carbocycles. The quantitative estimate of drug-likeness (QED) is 0.826. The van der Waals surface area contributed by atoms with Crippen LogP contribution in [0.15, 0.2) is 27.2 Å². The molecular weight excluding hydrogens is 313 g/mol. The summed E-state index contributed by atoms with van der Waals surface area (Å²) in [5.74, 6) is 0.774. The number of aromatic nitrogens is 2. The van der Waals surface area contributed by atoms with Crippen LogP contribution in [0.1, 0.15) is 25.2 Å². The van der Waals surface area contributed by atoms with E-state index < -0.39 is 0 Å². The molecule has 0 saturated heterocycles. The average Bonchev–Trinajstić information content (AvgIpc) is 2.87. The molecule has 0 aliphatic heterocycles. The van der Waals surface area contributed by atoms with Gasteiger partial charge in [-0.05, 0) is 53.5 Å². The Labute approximate surface area is 119 Å². The highest BCUT2D eigenvalue weighted by Gasteiger charge is 2.10. The first-order valence-electron chi connectivity index (χ1n) is 6.19. The van der Waals surface area contributed by atoms with Gasteiger partial charge < -0.3 is 10.3 Å². The predicted octanol–water partition coefficient (Wildman–Crippen LogP) is 3.31. The fourth-order valence-corrected chi connectivity index (χ4v) is 2.09. The lowest BCUT2D eigenvalue weighted by Crippen LogP contribution is -1.98. The summed E-state index contributed by atoms with van der Waals surface area (Å²) in [6.45, 7) is 0.707. The number of nitrogens with two attached hydrogens (primary N) is 1. The lowest BCUT2D eigenvalue weighted by molar-refractivity contribution is 0.374. The molecule has 19 heavy (non-hydrogen) atoms. The largest absolute Gasteiger partial charge is 0.339 e. The van der Waals surface area contributed by atoms with Crippen molar-refractivity contribution in [2.24, 2.45) is 5.73 Å². The highest BCUT2D eigenvalue weighted by molar-refractivity contribution is 9.10. The third-order valence-corrected chi connectivity index (χ3v) is 3.35. The normalized spacial score (nSPS) is 10.9. The Balaban J connectivity index is 2.01. The van der Waals surface area contributed by atoms with Crippen molar-refractivity contribution in [3.8, 4) is 11.4 Å². The van der Waals surface area contributed by atoms with E-state index in [2.05, 4.69) is 26.1 Å². The van der Waals surface area contributed by atoms with Gasteiger partial charge in [0.05, 0.1) is 4.47 Å². The standard InChI is InChI=1S/C13H15BrFN3O/c14-10-8-9(5-6-11(10)15)13-17-12(19-18-13)4-2-1-3-7-16/h5-6,8H,1-4,7,16H2. The van der Waals surface area contributed by atoms with Gasteiger partial charge in [-0.1, -0.05) is 11.6 Å². The summed E-state index contributed by atoms with van der Waals surface area (Å²) in [6, 6.07) is 4.64. The number of benzene rings is 1. The Bertz CT molecular complexity index is 544. The van der Waals surface area contributed by atoms with Gasteiger partial charge in [-0.25, -0.2) is 4.39 Å². The minimum atomic E-state index is -0.311. The molecule has 0 fully saturated rings. The molecule has 4 nitrogen and oxygen atoms in total. The van der Waals surface area contributed by atoms with Gasteiger partial charge in [0.25, 0.3) is 0 Å². The van der Waals surface area contributed by atoms with Crippen LogP contribution in [0, 0.1) is 5.82 Å². The average molecular weight is 328 g/mol. The molecule has 2 rings (SSSR count). The van der Waals surface area contributed by atoms with E-state index in [0.717, 1.165) is 31.2 Å². The Kier molecular flexibility index (Phi) is 5.04. The molecule has 1 aromatic carbocycles. The van der Waals surface area contributed by atoms with E-state index in [4.69, 9.17) is 10.3 Å². The monoisotopic (exact) mass is 327 g/mol. The first-order valence-corrected chi connectivity index (χ1v) is 6.98. The van der Waals surface area contributed by atoms with E-state index in [0.29, 0.717) is 22.7 Å². The third-order valence-electron chi connectivity index (χ3n) is 2.74. The van der Waals surface area contributed by atoms with Crippen LogP contribution in [-0.2, 0) is 6.42 Å². The van der Waals surface area contributed by atoms with Crippen molar-refractivity contribution in [2.45, 2.75) is 25.7 Å². The summed E-state index contributed by atoms with van der Waals surface area (Å²) in [5, 5.41) is 3.90. The molecule has 2 N–H and O–H groups in total. The summed E-state index contributed by atoms with van der Waals surface area (Å²) >= 11 is 3.14. The Hall–Kier alpha value is -1.27. The summed E-state index contributed by atoms with van der Waals surface area (Å²) in [7, 11) is 0. The number of aryl methyl sites for hydroxylation is 1. The zero-order chi connectivity index (χ0) is 13.7. The molecule has 102 valence electrons. The summed E-state index contributed by atoms with van der Waals surface area (Å²) in [5.41, 5.74) is 6.16. The van der Waals surface area contributed by atoms with Crippen molar-refractivity contribution in [1.29, 1.82) is 0 Å². The van der Waals surface area contributed by atoms with Crippen molar-refractivity contribution >= 4 is 15.9 Å². The lowest BCUT2D eigenvalue weighted by Gasteiger charge is -1.97. The highest BCUT2D eigenvalue weighted by atomic mass is 79.9. The maximum absolute atomic E-state index is 13.1. The van der Waals surface area contributed by atoms with Crippen LogP contribution < -0.4 is 5.73 Å². The molecule has 0 amide bonds. The molecular formula is C13H15BrFN3O. The van der Waals surface area contributed by atoms with Gasteiger partial charge >= 0.3 is 0 Å². The highest BCUT2D eigenvalue weighted by Crippen LogP contribution is 2.23. The van der Waals surface area contributed by atoms with Gasteiger partial charge in [-0.2, -0.15) is 4.98 Å². The van der Waals surface area contributed by atoms with Gasteiger partial charge in [-0.15, -0.1) is 0 Å². The van der Waals surface area contributed by atoms with E-state index in [9.17, 15) is 4.39 Å². The van der Waals surface area contributed by atoms with Crippen LogP contribution in [0.5, 0.6) is 0 Å². The molecule has 0 saturated carbocycles. The van der Waals surface area contributed by atoms with Gasteiger partial charge in [0, 0.05) is 12.0 Å². The van der Waals surface area contributed by atoms with E-state index in [1.807, 2.05) is 0 Å². The molecule has 0 spiro atoms. The number of hydrogen-bond donors (Lipinski definition) is 1. The van der Waals surface area contributed by atoms with E-state index in [1.54, 1.807) is 12.1 Å². The molecule has 0 radical (unpaired) electrons. The molecule has 6 heteroatoms. The second kappa shape index (κ2) is 6.77. The van der Waals surface area contributed by atoms with Crippen LogP contribution in [0.3, 0.4) is 0 Å². The van der Waals surface area contributed by atoms with Crippen LogP contribution in [0.2, 0.25) is 0 Å². The summed E-state index contributed by atoms with van der Waals surface area (Å²) in [6.07, 6.45) is 3.78. The zero-order valence-corrected chi connectivity index (χ0v) is 12.0. The molecule has 0 unspecified atom stereocenters. The van der Waals surface area contributed by atoms with Crippen LogP contribution in [0.25, 0.3) is 11.4 Å². The summed E-state index contributed by atoms with van der Waals surface area (Å²) in [4.78, 5) is 4.30. The number of nitrogens with zero attached hydrogens (tertiary/aromatic N) is 2. The van der Waals surface area contributed by atoms with Crippen LogP contribution in [-0.4, -0.2) is 16.7 Å². The first-order chi connectivity index (χ1) is 9.20. The molecule has 2 aromatic rings. The molecule has 0 bridgehead atoms. The van der Waals surface area contributed by atoms with Gasteiger partial charge in [0.15, 0.2) is 0 Å². The number of unbranched alkanes of at least 4 members (excludes halogenated alkanes) is 2. The summed E-state index contributed by atoms with van der Waals surface area (Å²) < 4.78 is 18.7. The van der Waals surface area contributed by atoms with Crippen molar-refractivity contribution in [1.82, 2.24) is 10.1 Å². The van der Waals surface area contributed by atoms with Crippen molar-refractivity contribution in [2.75, 3.05) is 6.54 Å². The topological polar surface area (TPSA) is 64.9 Å². The lowest BCUT2D eigenvalue weighted by atomic mass is 10.2. The molecule has 0 atom stereocenters. The van der Waals surface area contributed by atoms with Crippen molar-refractivity contribution in [3.63, 3.8) is 0 Å². The van der Waals surface area contributed by atoms with E-state index in [1.165, 1.54) is 6.07 Å². The predicted molar refractivity (Wildman–Crippen MR) is 74.0 cm³/mol. The van der Waals surface area contributed by atoms with Gasteiger partial charge in [-0.3, -0.25) is 0 Å². The molecule has 1 aromatic heterocycles. The molecule has 0 aliphatic rings. The van der Waals surface area contributed by atoms with Crippen LogP contribution >= 0.6 is 15.9 Å². The maximum Gasteiger partial charge on any atom is 0.226 e. The second-order valence-corrected chi connectivity index (χ2v) is 5.09. The SMILES string of the molecule is NCCCCCc1nc(-c2ccc(F)c(Br)c2)no1. The number of rotatable bonds is 6. The Morgan fingerprint density at radius 1 is 1.26 bits per heavy atom. The maximum atomic E-state index is 13.1. The smallest absolute Gasteiger partial charge is 0.226 e. The number of hydrogen-bond acceptors (Lipinski definition) is 4. The Morgan fingerprint density at radius 2 is 2.11 bits per heavy atom.